The molecule has 1 rings (SSSR count). The summed E-state index contributed by atoms with van der Waals surface area (Å²) in [5.74, 6) is 0.555. The van der Waals surface area contributed by atoms with E-state index in [0.717, 1.165) is 11.3 Å². The lowest BCUT2D eigenvalue weighted by atomic mass is 10.2. The first-order valence-corrected chi connectivity index (χ1v) is 6.58. The zero-order chi connectivity index (χ0) is 11.8. The van der Waals surface area contributed by atoms with Crippen molar-refractivity contribution in [1.29, 1.82) is 0 Å². The molecule has 0 aliphatic carbocycles. The summed E-state index contributed by atoms with van der Waals surface area (Å²) in [5, 5.41) is 0. The Labute approximate surface area is 100 Å². The molecule has 0 amide bonds. The molecule has 0 fully saturated rings. The average molecular weight is 239 g/mol. The van der Waals surface area contributed by atoms with E-state index in [1.54, 1.807) is 11.8 Å². The lowest BCUT2D eigenvalue weighted by Gasteiger charge is -2.10. The second kappa shape index (κ2) is 7.30. The summed E-state index contributed by atoms with van der Waals surface area (Å²) in [5.41, 5.74) is 6.66. The van der Waals surface area contributed by atoms with Gasteiger partial charge in [-0.1, -0.05) is 30.3 Å². The Hall–Kier alpha value is -1.00. The maximum absolute atomic E-state index is 11.5. The fraction of sp³-hybridized carbons (Fsp3) is 0.417. The first-order valence-electron chi connectivity index (χ1n) is 5.19. The highest BCUT2D eigenvalue weighted by Gasteiger charge is 2.14. The molecule has 1 aromatic carbocycles. The van der Waals surface area contributed by atoms with E-state index >= 15 is 0 Å². The Balaban J connectivity index is 2.29. The predicted octanol–water partition coefficient (Wildman–Crippen LogP) is 1.81. The van der Waals surface area contributed by atoms with E-state index < -0.39 is 6.04 Å². The highest BCUT2D eigenvalue weighted by atomic mass is 32.2. The zero-order valence-corrected chi connectivity index (χ0v) is 10.2. The van der Waals surface area contributed by atoms with E-state index in [9.17, 15) is 4.79 Å². The minimum Gasteiger partial charge on any atom is -0.460 e. The van der Waals surface area contributed by atoms with Gasteiger partial charge in [0.2, 0.25) is 0 Å². The van der Waals surface area contributed by atoms with Crippen molar-refractivity contribution in [1.82, 2.24) is 0 Å². The minimum absolute atomic E-state index is 0.298. The molecule has 1 aromatic rings. The number of hydrogen-bond donors (Lipinski definition) is 1. The predicted molar refractivity (Wildman–Crippen MR) is 67.2 cm³/mol. The first kappa shape index (κ1) is 13.1. The van der Waals surface area contributed by atoms with Crippen molar-refractivity contribution in [2.24, 2.45) is 5.73 Å². The Bertz CT molecular complexity index is 316. The zero-order valence-electron chi connectivity index (χ0n) is 9.39. The molecule has 0 spiro atoms. The number of carbonyl (C=O) groups excluding carboxylic acids is 1. The van der Waals surface area contributed by atoms with Crippen molar-refractivity contribution in [3.8, 4) is 0 Å². The van der Waals surface area contributed by atoms with E-state index in [4.69, 9.17) is 10.5 Å². The molecule has 0 aliphatic heterocycles. The Morgan fingerprint density at radius 2 is 2.12 bits per heavy atom. The molecule has 3 nitrogen and oxygen atoms in total. The molecule has 1 atom stereocenters. The number of hydrogen-bond acceptors (Lipinski definition) is 4. The second-order valence-corrected chi connectivity index (χ2v) is 4.47. The van der Waals surface area contributed by atoms with Crippen LogP contribution >= 0.6 is 11.8 Å². The number of thioether (sulfide) groups is 1. The molecule has 0 saturated heterocycles. The lowest BCUT2D eigenvalue weighted by Crippen LogP contribution is -2.32. The molecule has 0 unspecified atom stereocenters. The van der Waals surface area contributed by atoms with Gasteiger partial charge >= 0.3 is 5.97 Å². The average Bonchev–Trinajstić information content (AvgIpc) is 2.34. The third kappa shape index (κ3) is 4.68. The van der Waals surface area contributed by atoms with Crippen molar-refractivity contribution in [3.63, 3.8) is 0 Å². The lowest BCUT2D eigenvalue weighted by molar-refractivity contribution is -0.146. The minimum atomic E-state index is -0.504. The van der Waals surface area contributed by atoms with Crippen LogP contribution in [0.5, 0.6) is 0 Å². The van der Waals surface area contributed by atoms with Crippen molar-refractivity contribution >= 4 is 17.7 Å². The number of carbonyl (C=O) groups is 1. The summed E-state index contributed by atoms with van der Waals surface area (Å²) in [7, 11) is 0. The topological polar surface area (TPSA) is 52.3 Å². The van der Waals surface area contributed by atoms with Crippen LogP contribution in [0.1, 0.15) is 12.0 Å². The molecule has 0 radical (unpaired) electrons. The van der Waals surface area contributed by atoms with Crippen LogP contribution in [0.4, 0.5) is 0 Å². The normalized spacial score (nSPS) is 12.1. The Kier molecular flexibility index (Phi) is 5.96. The van der Waals surface area contributed by atoms with E-state index in [0.29, 0.717) is 13.0 Å². The molecule has 0 saturated carbocycles. The highest BCUT2D eigenvalue weighted by Crippen LogP contribution is 2.04. The van der Waals surface area contributed by atoms with Crippen LogP contribution in [-0.4, -0.2) is 24.0 Å². The van der Waals surface area contributed by atoms with Crippen LogP contribution in [0.15, 0.2) is 30.3 Å². The number of rotatable bonds is 6. The van der Waals surface area contributed by atoms with Gasteiger partial charge in [0.1, 0.15) is 12.6 Å². The Morgan fingerprint density at radius 3 is 2.75 bits per heavy atom. The van der Waals surface area contributed by atoms with Gasteiger partial charge in [-0.05, 0) is 24.0 Å². The number of esters is 1. The SMILES string of the molecule is CSCC[C@@H](N)C(=O)OCc1ccccc1. The molecule has 4 heteroatoms. The number of nitrogens with two attached hydrogens (primary N) is 1. The van der Waals surface area contributed by atoms with Gasteiger partial charge in [0.25, 0.3) is 0 Å². The molecule has 0 aliphatic rings. The van der Waals surface area contributed by atoms with Crippen LogP contribution in [-0.2, 0) is 16.1 Å². The van der Waals surface area contributed by atoms with Gasteiger partial charge in [-0.15, -0.1) is 0 Å². The molecule has 2 N–H and O–H groups in total. The van der Waals surface area contributed by atoms with Crippen molar-refractivity contribution in [3.05, 3.63) is 35.9 Å². The van der Waals surface area contributed by atoms with Crippen molar-refractivity contribution in [2.75, 3.05) is 12.0 Å². The molecule has 88 valence electrons. The van der Waals surface area contributed by atoms with Crippen LogP contribution < -0.4 is 5.73 Å². The molecule has 0 aromatic heterocycles. The maximum atomic E-state index is 11.5. The van der Waals surface area contributed by atoms with E-state index in [1.165, 1.54) is 0 Å². The van der Waals surface area contributed by atoms with E-state index in [-0.39, 0.29) is 5.97 Å². The summed E-state index contributed by atoms with van der Waals surface area (Å²) >= 11 is 1.67. The third-order valence-electron chi connectivity index (χ3n) is 2.16. The highest BCUT2D eigenvalue weighted by molar-refractivity contribution is 7.98. The van der Waals surface area contributed by atoms with Gasteiger partial charge in [0.15, 0.2) is 0 Å². The van der Waals surface area contributed by atoms with Gasteiger partial charge in [-0.2, -0.15) is 11.8 Å². The molecular weight excluding hydrogens is 222 g/mol. The van der Waals surface area contributed by atoms with Crippen molar-refractivity contribution in [2.45, 2.75) is 19.1 Å². The van der Waals surface area contributed by atoms with Crippen molar-refractivity contribution < 1.29 is 9.53 Å². The van der Waals surface area contributed by atoms with Crippen LogP contribution in [0, 0.1) is 0 Å². The van der Waals surface area contributed by atoms with Gasteiger partial charge in [0, 0.05) is 0 Å². The standard InChI is InChI=1S/C12H17NO2S/c1-16-8-7-11(13)12(14)15-9-10-5-3-2-4-6-10/h2-6,11H,7-9,13H2,1H3/t11-/m1/s1. The fourth-order valence-electron chi connectivity index (χ4n) is 1.20. The molecule has 0 heterocycles. The summed E-state index contributed by atoms with van der Waals surface area (Å²) in [6, 6.07) is 9.08. The third-order valence-corrected chi connectivity index (χ3v) is 2.80. The summed E-state index contributed by atoms with van der Waals surface area (Å²) < 4.78 is 5.11. The summed E-state index contributed by atoms with van der Waals surface area (Å²) in [6.45, 7) is 0.298. The second-order valence-electron chi connectivity index (χ2n) is 3.48. The summed E-state index contributed by atoms with van der Waals surface area (Å²) in [6.07, 6.45) is 2.65. The number of benzene rings is 1. The van der Waals surface area contributed by atoms with Crippen LogP contribution in [0.3, 0.4) is 0 Å². The quantitative estimate of drug-likeness (QED) is 0.769. The first-order chi connectivity index (χ1) is 7.74. The molecular formula is C12H17NO2S. The van der Waals surface area contributed by atoms with E-state index in [2.05, 4.69) is 0 Å². The monoisotopic (exact) mass is 239 g/mol. The van der Waals surface area contributed by atoms with Gasteiger partial charge < -0.3 is 10.5 Å². The van der Waals surface area contributed by atoms with Gasteiger partial charge in [-0.25, -0.2) is 0 Å². The largest absolute Gasteiger partial charge is 0.460 e. The van der Waals surface area contributed by atoms with Crippen LogP contribution in [0.25, 0.3) is 0 Å². The number of ether oxygens (including phenoxy) is 1. The summed E-state index contributed by atoms with van der Waals surface area (Å²) in [4.78, 5) is 11.5. The Morgan fingerprint density at radius 1 is 1.44 bits per heavy atom. The maximum Gasteiger partial charge on any atom is 0.323 e. The van der Waals surface area contributed by atoms with Gasteiger partial charge in [0.05, 0.1) is 0 Å². The molecule has 0 bridgehead atoms. The van der Waals surface area contributed by atoms with E-state index in [1.807, 2.05) is 36.6 Å². The molecule has 16 heavy (non-hydrogen) atoms. The fourth-order valence-corrected chi connectivity index (χ4v) is 1.69. The van der Waals surface area contributed by atoms with Gasteiger partial charge in [-0.3, -0.25) is 4.79 Å². The van der Waals surface area contributed by atoms with Crippen LogP contribution in [0.2, 0.25) is 0 Å². The smallest absolute Gasteiger partial charge is 0.323 e.